The number of ether oxygens (including phenoxy) is 1. The molecular formula is C15H14FN5O2. The molecule has 1 aliphatic heterocycles. The highest BCUT2D eigenvalue weighted by Gasteiger charge is 2.28. The topological polar surface area (TPSA) is 92.8 Å². The van der Waals surface area contributed by atoms with Crippen molar-refractivity contribution in [2.45, 2.75) is 12.5 Å². The number of carbonyl (C=O) groups is 1. The van der Waals surface area contributed by atoms with Crippen molar-refractivity contribution in [1.82, 2.24) is 20.3 Å². The third-order valence-electron chi connectivity index (χ3n) is 3.64. The fourth-order valence-electron chi connectivity index (χ4n) is 2.35. The predicted molar refractivity (Wildman–Crippen MR) is 77.1 cm³/mol. The molecule has 0 bridgehead atoms. The summed E-state index contributed by atoms with van der Waals surface area (Å²) in [4.78, 5) is 13.4. The van der Waals surface area contributed by atoms with Crippen LogP contribution in [0, 0.1) is 23.1 Å². The van der Waals surface area contributed by atoms with Gasteiger partial charge in [0, 0.05) is 12.5 Å². The number of carbonyl (C=O) groups excluding carboxylic acids is 1. The molecule has 8 heteroatoms. The fraction of sp³-hybridized carbons (Fsp3) is 0.333. The van der Waals surface area contributed by atoms with Crippen molar-refractivity contribution in [3.8, 4) is 11.8 Å². The summed E-state index contributed by atoms with van der Waals surface area (Å²) in [5, 5.41) is 19.9. The summed E-state index contributed by atoms with van der Waals surface area (Å²) in [6, 6.07) is 7.03. The number of halogens is 1. The van der Waals surface area contributed by atoms with Crippen LogP contribution in [-0.2, 0) is 4.74 Å². The summed E-state index contributed by atoms with van der Waals surface area (Å²) in [6.07, 6.45) is 2.04. The largest absolute Gasteiger partial charge is 0.381 e. The van der Waals surface area contributed by atoms with E-state index >= 15 is 0 Å². The van der Waals surface area contributed by atoms with Crippen LogP contribution < -0.4 is 5.32 Å². The fourth-order valence-corrected chi connectivity index (χ4v) is 2.35. The van der Waals surface area contributed by atoms with Crippen molar-refractivity contribution < 1.29 is 13.9 Å². The van der Waals surface area contributed by atoms with E-state index in [2.05, 4.69) is 21.6 Å². The van der Waals surface area contributed by atoms with Crippen LogP contribution in [0.25, 0.3) is 5.69 Å². The Bertz CT molecular complexity index is 731. The highest BCUT2D eigenvalue weighted by molar-refractivity contribution is 5.92. The van der Waals surface area contributed by atoms with Crippen molar-refractivity contribution in [3.63, 3.8) is 0 Å². The quantitative estimate of drug-likeness (QED) is 0.911. The molecule has 1 fully saturated rings. The van der Waals surface area contributed by atoms with E-state index in [4.69, 9.17) is 4.74 Å². The first-order chi connectivity index (χ1) is 11.2. The Morgan fingerprint density at radius 3 is 2.91 bits per heavy atom. The Morgan fingerprint density at radius 2 is 2.26 bits per heavy atom. The number of hydrogen-bond acceptors (Lipinski definition) is 5. The maximum Gasteiger partial charge on any atom is 0.274 e. The van der Waals surface area contributed by atoms with Gasteiger partial charge >= 0.3 is 0 Å². The van der Waals surface area contributed by atoms with Gasteiger partial charge in [0.15, 0.2) is 5.69 Å². The maximum absolute atomic E-state index is 12.9. The van der Waals surface area contributed by atoms with Crippen LogP contribution in [0.2, 0.25) is 0 Å². The number of rotatable bonds is 4. The van der Waals surface area contributed by atoms with E-state index in [-0.39, 0.29) is 17.4 Å². The third-order valence-corrected chi connectivity index (χ3v) is 3.64. The molecule has 7 nitrogen and oxygen atoms in total. The zero-order chi connectivity index (χ0) is 16.2. The van der Waals surface area contributed by atoms with Gasteiger partial charge in [-0.1, -0.05) is 0 Å². The molecule has 0 aliphatic carbocycles. The minimum atomic E-state index is -0.624. The first-order valence-corrected chi connectivity index (χ1v) is 7.14. The zero-order valence-electron chi connectivity index (χ0n) is 12.1. The lowest BCUT2D eigenvalue weighted by molar-refractivity contribution is 0.0925. The summed E-state index contributed by atoms with van der Waals surface area (Å²) >= 11 is 0. The molecule has 2 aromatic rings. The van der Waals surface area contributed by atoms with E-state index in [1.54, 1.807) is 0 Å². The van der Waals surface area contributed by atoms with Crippen LogP contribution >= 0.6 is 0 Å². The van der Waals surface area contributed by atoms with E-state index in [9.17, 15) is 14.4 Å². The molecule has 1 aromatic carbocycles. The first-order valence-electron chi connectivity index (χ1n) is 7.14. The Balaban J connectivity index is 1.70. The summed E-state index contributed by atoms with van der Waals surface area (Å²) in [7, 11) is 0. The van der Waals surface area contributed by atoms with E-state index < -0.39 is 11.9 Å². The molecule has 118 valence electrons. The van der Waals surface area contributed by atoms with Crippen molar-refractivity contribution in [2.75, 3.05) is 13.2 Å². The smallest absolute Gasteiger partial charge is 0.274 e. The van der Waals surface area contributed by atoms with E-state index in [1.165, 1.54) is 35.3 Å². The van der Waals surface area contributed by atoms with Crippen LogP contribution in [0.15, 0.2) is 30.5 Å². The average Bonchev–Trinajstić information content (AvgIpc) is 3.24. The standard InChI is InChI=1S/C15H14FN5O2/c16-11-1-3-12(4-2-11)21-18-8-14(20-21)15(22)19-13(7-17)10-5-6-23-9-10/h1-4,8,10,13H,5-6,9H2,(H,19,22)/t10-,13-/m1/s1. The summed E-state index contributed by atoms with van der Waals surface area (Å²) in [6.45, 7) is 1.06. The van der Waals surface area contributed by atoms with E-state index in [1.807, 2.05) is 0 Å². The summed E-state index contributed by atoms with van der Waals surface area (Å²) in [5.41, 5.74) is 0.625. The van der Waals surface area contributed by atoms with Crippen molar-refractivity contribution in [2.24, 2.45) is 5.92 Å². The molecular weight excluding hydrogens is 301 g/mol. The van der Waals surface area contributed by atoms with E-state index in [0.29, 0.717) is 18.9 Å². The highest BCUT2D eigenvalue weighted by Crippen LogP contribution is 2.16. The average molecular weight is 315 g/mol. The lowest BCUT2D eigenvalue weighted by Crippen LogP contribution is -2.39. The molecule has 23 heavy (non-hydrogen) atoms. The van der Waals surface area contributed by atoms with Gasteiger partial charge in [0.25, 0.3) is 5.91 Å². The second-order valence-electron chi connectivity index (χ2n) is 5.20. The zero-order valence-corrected chi connectivity index (χ0v) is 12.1. The monoisotopic (exact) mass is 315 g/mol. The van der Waals surface area contributed by atoms with Gasteiger partial charge < -0.3 is 10.1 Å². The van der Waals surface area contributed by atoms with Crippen LogP contribution in [0.1, 0.15) is 16.9 Å². The number of nitriles is 1. The Morgan fingerprint density at radius 1 is 1.48 bits per heavy atom. The molecule has 2 heterocycles. The molecule has 3 rings (SSSR count). The molecule has 2 atom stereocenters. The van der Waals surface area contributed by atoms with Crippen LogP contribution in [-0.4, -0.2) is 40.2 Å². The molecule has 1 aromatic heterocycles. The molecule has 0 saturated carbocycles. The third kappa shape index (κ3) is 3.35. The van der Waals surface area contributed by atoms with Gasteiger partial charge in [0.05, 0.1) is 24.6 Å². The van der Waals surface area contributed by atoms with Gasteiger partial charge in [-0.3, -0.25) is 4.79 Å². The van der Waals surface area contributed by atoms with Crippen LogP contribution in [0.5, 0.6) is 0 Å². The SMILES string of the molecule is N#C[C@@H](NC(=O)c1cnn(-c2ccc(F)cc2)n1)[C@@H]1CCOC1. The minimum Gasteiger partial charge on any atom is -0.381 e. The molecule has 1 saturated heterocycles. The number of aromatic nitrogens is 3. The molecule has 1 amide bonds. The summed E-state index contributed by atoms with van der Waals surface area (Å²) < 4.78 is 18.1. The highest BCUT2D eigenvalue weighted by atomic mass is 19.1. The van der Waals surface area contributed by atoms with Crippen LogP contribution in [0.4, 0.5) is 4.39 Å². The van der Waals surface area contributed by atoms with Gasteiger partial charge in [-0.25, -0.2) is 4.39 Å². The Labute approximate surface area is 131 Å². The van der Waals surface area contributed by atoms with E-state index in [0.717, 1.165) is 6.42 Å². The predicted octanol–water partition coefficient (Wildman–Crippen LogP) is 1.06. The number of nitrogens with one attached hydrogen (secondary N) is 1. The van der Waals surface area contributed by atoms with Gasteiger partial charge in [-0.2, -0.15) is 15.2 Å². The molecule has 1 N–H and O–H groups in total. The number of nitrogens with zero attached hydrogens (tertiary/aromatic N) is 4. The maximum atomic E-state index is 12.9. The van der Waals surface area contributed by atoms with Gasteiger partial charge in [-0.15, -0.1) is 5.10 Å². The summed E-state index contributed by atoms with van der Waals surface area (Å²) in [5.74, 6) is -0.859. The molecule has 1 aliphatic rings. The van der Waals surface area contributed by atoms with Crippen LogP contribution in [0.3, 0.4) is 0 Å². The Hall–Kier alpha value is -2.79. The number of hydrogen-bond donors (Lipinski definition) is 1. The lowest BCUT2D eigenvalue weighted by Gasteiger charge is -2.15. The molecule has 0 spiro atoms. The van der Waals surface area contributed by atoms with Crippen molar-refractivity contribution in [1.29, 1.82) is 5.26 Å². The normalized spacial score (nSPS) is 18.3. The molecule has 0 radical (unpaired) electrons. The van der Waals surface area contributed by atoms with Gasteiger partial charge in [-0.05, 0) is 30.7 Å². The van der Waals surface area contributed by atoms with Crippen molar-refractivity contribution >= 4 is 5.91 Å². The minimum absolute atomic E-state index is 0.0175. The van der Waals surface area contributed by atoms with Gasteiger partial charge in [0.2, 0.25) is 0 Å². The van der Waals surface area contributed by atoms with Gasteiger partial charge in [0.1, 0.15) is 11.9 Å². The second-order valence-corrected chi connectivity index (χ2v) is 5.20. The Kier molecular flexibility index (Phi) is 4.30. The number of amides is 1. The number of benzene rings is 1. The second kappa shape index (κ2) is 6.54. The van der Waals surface area contributed by atoms with Crippen molar-refractivity contribution in [3.05, 3.63) is 42.0 Å². The lowest BCUT2D eigenvalue weighted by atomic mass is 10.0. The molecule has 0 unspecified atom stereocenters. The first kappa shape index (κ1) is 15.1.